The molecule has 0 fully saturated rings. The van der Waals surface area contributed by atoms with Gasteiger partial charge < -0.3 is 20.6 Å². The normalized spacial score (nSPS) is 18.6. The lowest BCUT2D eigenvalue weighted by atomic mass is 9.96. The summed E-state index contributed by atoms with van der Waals surface area (Å²) in [6.07, 6.45) is -0.0647. The van der Waals surface area contributed by atoms with Crippen LogP contribution in [-0.2, 0) is 9.63 Å². The lowest BCUT2D eigenvalue weighted by molar-refractivity contribution is -0.160. The molecule has 1 aliphatic rings. The monoisotopic (exact) mass is 402 g/mol. The fraction of sp³-hybridized carbons (Fsp3) is 0.333. The second kappa shape index (κ2) is 7.42. The number of oxime groups is 1. The van der Waals surface area contributed by atoms with Gasteiger partial charge in [-0.05, 0) is 31.3 Å². The maximum Gasteiger partial charge on any atom is 0.351 e. The summed E-state index contributed by atoms with van der Waals surface area (Å²) in [6.45, 7) is 1.36. The topological polar surface area (TPSA) is 103 Å². The van der Waals surface area contributed by atoms with Gasteiger partial charge in [0.25, 0.3) is 0 Å². The number of benzene rings is 1. The van der Waals surface area contributed by atoms with E-state index in [1.165, 1.54) is 20.0 Å². The van der Waals surface area contributed by atoms with Crippen molar-refractivity contribution in [2.45, 2.75) is 18.9 Å². The number of hydrogen-bond acceptors (Lipinski definition) is 5. The number of carboxylic acid groups (broad SMARTS) is 1. The van der Waals surface area contributed by atoms with Crippen LogP contribution in [0.5, 0.6) is 0 Å². The summed E-state index contributed by atoms with van der Waals surface area (Å²) in [5.41, 5.74) is -1.20. The minimum absolute atomic E-state index is 0.0107. The van der Waals surface area contributed by atoms with Gasteiger partial charge in [0.15, 0.2) is 5.11 Å². The van der Waals surface area contributed by atoms with E-state index in [4.69, 9.17) is 28.7 Å². The standard InChI is InChI=1S/C15H16ClFN4O4S/c1-15(12(22)23)6-11(20-25-15)7-4-10(9(17)5-8(7)16)19-13(24)21(3)14(26)18-2/h4-5H,6H2,1-3H3,(H,18,26)(H,19,24)(H,22,23). The van der Waals surface area contributed by atoms with Crippen molar-refractivity contribution in [3.8, 4) is 0 Å². The third-order valence-corrected chi connectivity index (χ3v) is 4.54. The lowest BCUT2D eigenvalue weighted by Gasteiger charge is -2.19. The summed E-state index contributed by atoms with van der Waals surface area (Å²) in [5.74, 6) is -1.96. The molecule has 1 aromatic rings. The average molecular weight is 403 g/mol. The Morgan fingerprint density at radius 1 is 1.50 bits per heavy atom. The van der Waals surface area contributed by atoms with Crippen molar-refractivity contribution in [2.75, 3.05) is 19.4 Å². The van der Waals surface area contributed by atoms with Gasteiger partial charge in [-0.2, -0.15) is 0 Å². The van der Waals surface area contributed by atoms with Crippen LogP contribution >= 0.6 is 23.8 Å². The largest absolute Gasteiger partial charge is 0.478 e. The average Bonchev–Trinajstić information content (AvgIpc) is 2.99. The molecule has 2 amide bonds. The van der Waals surface area contributed by atoms with Gasteiger partial charge in [0, 0.05) is 26.1 Å². The molecule has 1 unspecified atom stereocenters. The highest BCUT2D eigenvalue weighted by Crippen LogP contribution is 2.32. The first-order valence-electron chi connectivity index (χ1n) is 7.33. The van der Waals surface area contributed by atoms with Crippen molar-refractivity contribution in [1.82, 2.24) is 10.2 Å². The van der Waals surface area contributed by atoms with Crippen molar-refractivity contribution in [1.29, 1.82) is 0 Å². The van der Waals surface area contributed by atoms with Crippen LogP contribution in [0.25, 0.3) is 0 Å². The highest BCUT2D eigenvalue weighted by molar-refractivity contribution is 7.80. The maximum atomic E-state index is 14.2. The molecule has 0 saturated carbocycles. The summed E-state index contributed by atoms with van der Waals surface area (Å²) in [7, 11) is 2.96. The Kier molecular flexibility index (Phi) is 5.67. The van der Waals surface area contributed by atoms with Crippen molar-refractivity contribution in [3.05, 3.63) is 28.5 Å². The number of carbonyl (C=O) groups excluding carboxylic acids is 1. The van der Waals surface area contributed by atoms with Crippen LogP contribution < -0.4 is 10.6 Å². The number of anilines is 1. The molecule has 11 heteroatoms. The number of carbonyl (C=O) groups is 2. The van der Waals surface area contributed by atoms with Gasteiger partial charge in [-0.1, -0.05) is 16.8 Å². The number of amides is 2. The molecule has 26 heavy (non-hydrogen) atoms. The second-order valence-corrected chi connectivity index (χ2v) is 6.49. The molecule has 0 aromatic heterocycles. The van der Waals surface area contributed by atoms with Crippen LogP contribution in [0.4, 0.5) is 14.9 Å². The first-order chi connectivity index (χ1) is 12.1. The Bertz CT molecular complexity index is 819. The van der Waals surface area contributed by atoms with E-state index in [-0.39, 0.29) is 33.5 Å². The van der Waals surface area contributed by atoms with E-state index in [1.54, 1.807) is 7.05 Å². The number of carboxylic acids is 1. The highest BCUT2D eigenvalue weighted by atomic mass is 35.5. The number of halogens is 2. The molecule has 3 N–H and O–H groups in total. The predicted octanol–water partition coefficient (Wildman–Crippen LogP) is 2.41. The number of urea groups is 1. The van der Waals surface area contributed by atoms with E-state index in [0.29, 0.717) is 0 Å². The van der Waals surface area contributed by atoms with Crippen molar-refractivity contribution in [2.24, 2.45) is 5.16 Å². The summed E-state index contributed by atoms with van der Waals surface area (Å²) in [5, 5.41) is 18.1. The van der Waals surface area contributed by atoms with E-state index in [9.17, 15) is 19.1 Å². The zero-order valence-electron chi connectivity index (χ0n) is 14.1. The molecule has 1 aliphatic heterocycles. The maximum absolute atomic E-state index is 14.2. The molecule has 0 saturated heterocycles. The van der Waals surface area contributed by atoms with E-state index in [2.05, 4.69) is 15.8 Å². The molecular weight excluding hydrogens is 387 g/mol. The molecule has 2 rings (SSSR count). The van der Waals surface area contributed by atoms with Gasteiger partial charge in [0.2, 0.25) is 5.60 Å². The summed E-state index contributed by atoms with van der Waals surface area (Å²) >= 11 is 11.0. The van der Waals surface area contributed by atoms with Gasteiger partial charge >= 0.3 is 12.0 Å². The smallest absolute Gasteiger partial charge is 0.351 e. The van der Waals surface area contributed by atoms with E-state index in [0.717, 1.165) is 11.0 Å². The van der Waals surface area contributed by atoms with Crippen LogP contribution in [-0.4, -0.2) is 52.5 Å². The predicted molar refractivity (Wildman–Crippen MR) is 98.1 cm³/mol. The van der Waals surface area contributed by atoms with Crippen LogP contribution in [0.3, 0.4) is 0 Å². The van der Waals surface area contributed by atoms with Crippen LogP contribution in [0, 0.1) is 5.82 Å². The fourth-order valence-corrected chi connectivity index (χ4v) is 2.47. The fourth-order valence-electron chi connectivity index (χ4n) is 2.12. The molecule has 0 aliphatic carbocycles. The van der Waals surface area contributed by atoms with E-state index in [1.807, 2.05) is 0 Å². The van der Waals surface area contributed by atoms with Crippen LogP contribution in [0.15, 0.2) is 17.3 Å². The van der Waals surface area contributed by atoms with Gasteiger partial charge in [-0.25, -0.2) is 14.0 Å². The van der Waals surface area contributed by atoms with E-state index < -0.39 is 23.4 Å². The highest BCUT2D eigenvalue weighted by Gasteiger charge is 2.42. The molecule has 8 nitrogen and oxygen atoms in total. The van der Waals surface area contributed by atoms with Gasteiger partial charge in [0.05, 0.1) is 16.4 Å². The lowest BCUT2D eigenvalue weighted by Crippen LogP contribution is -2.41. The summed E-state index contributed by atoms with van der Waals surface area (Å²) in [4.78, 5) is 29.4. The molecular formula is C15H16ClFN4O4S. The number of rotatable bonds is 3. The molecule has 0 spiro atoms. The molecule has 1 atom stereocenters. The van der Waals surface area contributed by atoms with E-state index >= 15 is 0 Å². The van der Waals surface area contributed by atoms with Gasteiger partial charge in [-0.15, -0.1) is 0 Å². The molecule has 1 aromatic carbocycles. The number of aliphatic carboxylic acids is 1. The third kappa shape index (κ3) is 3.86. The minimum Gasteiger partial charge on any atom is -0.478 e. The zero-order chi connectivity index (χ0) is 19.6. The summed E-state index contributed by atoms with van der Waals surface area (Å²) in [6, 6.07) is 1.60. The third-order valence-electron chi connectivity index (χ3n) is 3.75. The molecule has 0 bridgehead atoms. The number of hydrogen-bond donors (Lipinski definition) is 3. The number of nitrogens with zero attached hydrogens (tertiary/aromatic N) is 2. The SMILES string of the molecule is CNC(=S)N(C)C(=O)Nc1cc(C2=NOC(C)(C(=O)O)C2)c(Cl)cc1F. The van der Waals surface area contributed by atoms with Crippen molar-refractivity contribution >= 4 is 52.3 Å². The van der Waals surface area contributed by atoms with Gasteiger partial charge in [0.1, 0.15) is 5.82 Å². The number of nitrogens with one attached hydrogen (secondary N) is 2. The quantitative estimate of drug-likeness (QED) is 0.671. The van der Waals surface area contributed by atoms with Crippen molar-refractivity contribution < 1.29 is 23.9 Å². The van der Waals surface area contributed by atoms with Crippen molar-refractivity contribution in [3.63, 3.8) is 0 Å². The number of thiocarbonyl (C=S) groups is 1. The Morgan fingerprint density at radius 3 is 2.69 bits per heavy atom. The first kappa shape index (κ1) is 19.9. The van der Waals surface area contributed by atoms with Gasteiger partial charge in [-0.3, -0.25) is 4.90 Å². The first-order valence-corrected chi connectivity index (χ1v) is 8.12. The minimum atomic E-state index is -1.53. The Labute approximate surface area is 158 Å². The Balaban J connectivity index is 2.29. The second-order valence-electron chi connectivity index (χ2n) is 5.70. The molecule has 1 heterocycles. The molecule has 140 valence electrons. The zero-order valence-corrected chi connectivity index (χ0v) is 15.7. The summed E-state index contributed by atoms with van der Waals surface area (Å²) < 4.78 is 14.2. The van der Waals surface area contributed by atoms with Crippen LogP contribution in [0.2, 0.25) is 5.02 Å². The molecule has 0 radical (unpaired) electrons. The Hall–Kier alpha value is -2.46. The Morgan fingerprint density at radius 2 is 2.15 bits per heavy atom. The van der Waals surface area contributed by atoms with Crippen LogP contribution in [0.1, 0.15) is 18.9 Å².